The summed E-state index contributed by atoms with van der Waals surface area (Å²) >= 11 is 0. The van der Waals surface area contributed by atoms with Crippen molar-refractivity contribution in [3.05, 3.63) is 35.5 Å². The molecule has 2 aromatic rings. The summed E-state index contributed by atoms with van der Waals surface area (Å²) in [5.41, 5.74) is 9.67. The van der Waals surface area contributed by atoms with Crippen molar-refractivity contribution in [2.24, 2.45) is 0 Å². The summed E-state index contributed by atoms with van der Waals surface area (Å²) in [7, 11) is 0. The van der Waals surface area contributed by atoms with Crippen molar-refractivity contribution in [3.8, 4) is 11.8 Å². The van der Waals surface area contributed by atoms with Crippen LogP contribution in [0.4, 0.5) is 5.69 Å². The van der Waals surface area contributed by atoms with Crippen LogP contribution in [0.5, 0.6) is 0 Å². The van der Waals surface area contributed by atoms with Gasteiger partial charge in [-0.1, -0.05) is 43.4 Å². The van der Waals surface area contributed by atoms with Crippen LogP contribution in [0.1, 0.15) is 37.4 Å². The van der Waals surface area contributed by atoms with Crippen molar-refractivity contribution in [2.75, 3.05) is 5.73 Å². The van der Waals surface area contributed by atoms with Gasteiger partial charge in [-0.25, -0.2) is 0 Å². The molecule has 0 saturated heterocycles. The highest BCUT2D eigenvalue weighted by atomic mass is 14.7. The molecule has 1 aromatic heterocycles. The molecule has 1 aromatic carbocycles. The summed E-state index contributed by atoms with van der Waals surface area (Å²) in [4.78, 5) is 4.55. The van der Waals surface area contributed by atoms with E-state index in [2.05, 4.69) is 23.7 Å². The van der Waals surface area contributed by atoms with Gasteiger partial charge in [-0.3, -0.25) is 4.98 Å². The predicted molar refractivity (Wildman–Crippen MR) is 77.3 cm³/mol. The monoisotopic (exact) mass is 238 g/mol. The van der Waals surface area contributed by atoms with E-state index in [-0.39, 0.29) is 0 Å². The van der Waals surface area contributed by atoms with Crippen molar-refractivity contribution in [1.29, 1.82) is 0 Å². The van der Waals surface area contributed by atoms with Crippen LogP contribution in [0.25, 0.3) is 10.9 Å². The van der Waals surface area contributed by atoms with E-state index in [0.29, 0.717) is 0 Å². The fourth-order valence-electron chi connectivity index (χ4n) is 1.94. The molecule has 0 atom stereocenters. The smallest absolute Gasteiger partial charge is 0.0726 e. The molecule has 2 rings (SSSR count). The van der Waals surface area contributed by atoms with Gasteiger partial charge in [0.2, 0.25) is 0 Å². The predicted octanol–water partition coefficient (Wildman–Crippen LogP) is 3.67. The Hall–Kier alpha value is -2.01. The highest BCUT2D eigenvalue weighted by Crippen LogP contribution is 2.24. The maximum atomic E-state index is 6.19. The number of fused-ring (bicyclic) bond motifs is 1. The number of aromatic nitrogens is 1. The number of hydrogen-bond donors (Lipinski definition) is 1. The molecule has 0 amide bonds. The van der Waals surface area contributed by atoms with E-state index in [4.69, 9.17) is 5.73 Å². The zero-order valence-electron chi connectivity index (χ0n) is 11.0. The average molecular weight is 238 g/mol. The van der Waals surface area contributed by atoms with Crippen molar-refractivity contribution in [3.63, 3.8) is 0 Å². The van der Waals surface area contributed by atoms with Crippen molar-refractivity contribution in [2.45, 2.75) is 33.1 Å². The largest absolute Gasteiger partial charge is 0.397 e. The fraction of sp³-hybridized carbons (Fsp3) is 0.312. The standard InChI is InChI=1S/C16H18N2/c1-3-4-5-6-9-13-12(2)18-15-11-8-7-10-14(15)16(13)17/h7-8,10-11H,3-5H2,1-2H3,(H2,17,18). The summed E-state index contributed by atoms with van der Waals surface area (Å²) in [5, 5.41) is 0.989. The van der Waals surface area contributed by atoms with Crippen LogP contribution >= 0.6 is 0 Å². The average Bonchev–Trinajstić information content (AvgIpc) is 2.38. The molecule has 0 unspecified atom stereocenters. The van der Waals surface area contributed by atoms with Crippen LogP contribution in [0.2, 0.25) is 0 Å². The normalized spacial score (nSPS) is 10.1. The van der Waals surface area contributed by atoms with E-state index in [1.165, 1.54) is 6.42 Å². The van der Waals surface area contributed by atoms with Gasteiger partial charge in [-0.05, 0) is 19.4 Å². The minimum absolute atomic E-state index is 0.752. The van der Waals surface area contributed by atoms with E-state index in [9.17, 15) is 0 Å². The maximum Gasteiger partial charge on any atom is 0.0726 e. The lowest BCUT2D eigenvalue weighted by Gasteiger charge is -2.07. The van der Waals surface area contributed by atoms with Gasteiger partial charge in [-0.2, -0.15) is 0 Å². The number of anilines is 1. The van der Waals surface area contributed by atoms with Crippen molar-refractivity contribution in [1.82, 2.24) is 4.98 Å². The molecular weight excluding hydrogens is 220 g/mol. The third-order valence-electron chi connectivity index (χ3n) is 2.98. The summed E-state index contributed by atoms with van der Waals surface area (Å²) in [6, 6.07) is 7.92. The molecule has 1 heterocycles. The molecule has 0 aliphatic rings. The number of para-hydroxylation sites is 1. The molecule has 0 spiro atoms. The second-order valence-corrected chi connectivity index (χ2v) is 4.41. The zero-order chi connectivity index (χ0) is 13.0. The molecule has 92 valence electrons. The Morgan fingerprint density at radius 3 is 2.83 bits per heavy atom. The molecule has 0 radical (unpaired) electrons. The molecule has 0 saturated carbocycles. The Bertz CT molecular complexity index is 618. The van der Waals surface area contributed by atoms with Crippen molar-refractivity contribution < 1.29 is 0 Å². The van der Waals surface area contributed by atoms with Crippen LogP contribution in [0, 0.1) is 18.8 Å². The van der Waals surface area contributed by atoms with Gasteiger partial charge in [0.15, 0.2) is 0 Å². The molecule has 2 heteroatoms. The van der Waals surface area contributed by atoms with Crippen molar-refractivity contribution >= 4 is 16.6 Å². The van der Waals surface area contributed by atoms with Gasteiger partial charge in [0.25, 0.3) is 0 Å². The van der Waals surface area contributed by atoms with Gasteiger partial charge in [0.1, 0.15) is 0 Å². The Morgan fingerprint density at radius 2 is 2.06 bits per heavy atom. The second kappa shape index (κ2) is 5.55. The van der Waals surface area contributed by atoms with Crippen LogP contribution in [-0.2, 0) is 0 Å². The number of hydrogen-bond acceptors (Lipinski definition) is 2. The molecule has 0 fully saturated rings. The molecular formula is C16H18N2. The van der Waals surface area contributed by atoms with Gasteiger partial charge in [-0.15, -0.1) is 0 Å². The van der Waals surface area contributed by atoms with Gasteiger partial charge >= 0.3 is 0 Å². The minimum atomic E-state index is 0.752. The second-order valence-electron chi connectivity index (χ2n) is 4.41. The number of nitrogens with zero attached hydrogens (tertiary/aromatic N) is 1. The Morgan fingerprint density at radius 1 is 1.28 bits per heavy atom. The third-order valence-corrected chi connectivity index (χ3v) is 2.98. The van der Waals surface area contributed by atoms with E-state index in [0.717, 1.165) is 40.7 Å². The van der Waals surface area contributed by atoms with Gasteiger partial charge in [0, 0.05) is 11.8 Å². The molecule has 0 aliphatic heterocycles. The SMILES string of the molecule is CCCCC#Cc1c(C)nc2ccccc2c1N. The van der Waals surface area contributed by atoms with Gasteiger partial charge < -0.3 is 5.73 Å². The number of benzene rings is 1. The molecule has 2 N–H and O–H groups in total. The number of nitrogen functional groups attached to an aromatic ring is 1. The summed E-state index contributed by atoms with van der Waals surface area (Å²) in [6.07, 6.45) is 3.22. The quantitative estimate of drug-likeness (QED) is 0.640. The first-order valence-corrected chi connectivity index (χ1v) is 6.37. The zero-order valence-corrected chi connectivity index (χ0v) is 11.0. The first kappa shape index (κ1) is 12.4. The topological polar surface area (TPSA) is 38.9 Å². The number of rotatable bonds is 2. The first-order valence-electron chi connectivity index (χ1n) is 6.37. The van der Waals surface area contributed by atoms with E-state index in [1.54, 1.807) is 0 Å². The van der Waals surface area contributed by atoms with Gasteiger partial charge in [0.05, 0.1) is 22.5 Å². The molecule has 0 bridgehead atoms. The van der Waals surface area contributed by atoms with Crippen LogP contribution in [0.3, 0.4) is 0 Å². The highest BCUT2D eigenvalue weighted by Gasteiger charge is 2.07. The lowest BCUT2D eigenvalue weighted by Crippen LogP contribution is -1.98. The molecule has 2 nitrogen and oxygen atoms in total. The number of nitrogens with two attached hydrogens (primary N) is 1. The summed E-state index contributed by atoms with van der Waals surface area (Å²) < 4.78 is 0. The van der Waals surface area contributed by atoms with E-state index >= 15 is 0 Å². The Labute approximate surface area is 108 Å². The lowest BCUT2D eigenvalue weighted by atomic mass is 10.1. The Balaban J connectivity index is 2.46. The van der Waals surface area contributed by atoms with Crippen LogP contribution in [-0.4, -0.2) is 4.98 Å². The third kappa shape index (κ3) is 2.46. The molecule has 18 heavy (non-hydrogen) atoms. The number of aryl methyl sites for hydroxylation is 1. The number of pyridine rings is 1. The van der Waals surface area contributed by atoms with E-state index < -0.39 is 0 Å². The lowest BCUT2D eigenvalue weighted by molar-refractivity contribution is 0.828. The summed E-state index contributed by atoms with van der Waals surface area (Å²) in [6.45, 7) is 4.13. The summed E-state index contributed by atoms with van der Waals surface area (Å²) in [5.74, 6) is 6.35. The molecule has 0 aliphatic carbocycles. The fourth-order valence-corrected chi connectivity index (χ4v) is 1.94. The minimum Gasteiger partial charge on any atom is -0.397 e. The van der Waals surface area contributed by atoms with E-state index in [1.807, 2.05) is 31.2 Å². The maximum absolute atomic E-state index is 6.19. The first-order chi connectivity index (χ1) is 8.74. The Kier molecular flexibility index (Phi) is 3.84. The van der Waals surface area contributed by atoms with Crippen LogP contribution < -0.4 is 5.73 Å². The number of unbranched alkanes of at least 4 members (excludes halogenated alkanes) is 2. The highest BCUT2D eigenvalue weighted by molar-refractivity contribution is 5.93. The van der Waals surface area contributed by atoms with Crippen LogP contribution in [0.15, 0.2) is 24.3 Å².